The van der Waals surface area contributed by atoms with Crippen LogP contribution in [-0.2, 0) is 9.59 Å². The minimum Gasteiger partial charge on any atom is -0.348 e. The highest BCUT2D eigenvalue weighted by atomic mass is 32.1. The van der Waals surface area contributed by atoms with Crippen LogP contribution in [0.3, 0.4) is 0 Å². The topological polar surface area (TPSA) is 86.9 Å². The Balaban J connectivity index is 1.99. The predicted octanol–water partition coefficient (Wildman–Crippen LogP) is 1.68. The molecule has 1 unspecified atom stereocenters. The molecule has 7 heteroatoms. The van der Waals surface area contributed by atoms with Crippen LogP contribution in [0.5, 0.6) is 0 Å². The molecule has 19 heavy (non-hydrogen) atoms. The zero-order chi connectivity index (χ0) is 13.7. The maximum atomic E-state index is 11.9. The van der Waals surface area contributed by atoms with E-state index in [-0.39, 0.29) is 24.3 Å². The van der Waals surface area contributed by atoms with Gasteiger partial charge in [0.05, 0.1) is 24.3 Å². The van der Waals surface area contributed by atoms with Crippen LogP contribution in [0, 0.1) is 0 Å². The molecule has 100 valence electrons. The first-order valence-corrected chi connectivity index (χ1v) is 6.62. The Bertz CT molecular complexity index is 536. The van der Waals surface area contributed by atoms with Crippen molar-refractivity contribution in [1.82, 2.24) is 15.5 Å². The van der Waals surface area contributed by atoms with Crippen molar-refractivity contribution < 1.29 is 9.59 Å². The predicted molar refractivity (Wildman–Crippen MR) is 72.7 cm³/mol. The van der Waals surface area contributed by atoms with Gasteiger partial charge in [0.25, 0.3) is 0 Å². The third kappa shape index (κ3) is 3.92. The molecular weight excluding hydrogens is 264 g/mol. The third-order valence-corrected chi connectivity index (χ3v) is 3.42. The minimum absolute atomic E-state index is 0.158. The number of rotatable bonds is 5. The van der Waals surface area contributed by atoms with Gasteiger partial charge in [-0.1, -0.05) is 6.07 Å². The highest BCUT2D eigenvalue weighted by Crippen LogP contribution is 2.22. The van der Waals surface area contributed by atoms with Gasteiger partial charge in [0.1, 0.15) is 0 Å². The fourth-order valence-corrected chi connectivity index (χ4v) is 2.45. The summed E-state index contributed by atoms with van der Waals surface area (Å²) in [6, 6.07) is 3.49. The lowest BCUT2D eigenvalue weighted by Gasteiger charge is -2.15. The van der Waals surface area contributed by atoms with Gasteiger partial charge >= 0.3 is 0 Å². The summed E-state index contributed by atoms with van der Waals surface area (Å²) < 4.78 is 0. The molecule has 1 atom stereocenters. The monoisotopic (exact) mass is 278 g/mol. The van der Waals surface area contributed by atoms with Gasteiger partial charge in [-0.2, -0.15) is 5.10 Å². The van der Waals surface area contributed by atoms with Crippen molar-refractivity contribution in [3.8, 4) is 0 Å². The molecule has 0 radical (unpaired) electrons. The number of aromatic nitrogens is 2. The number of anilines is 1. The molecule has 0 bridgehead atoms. The van der Waals surface area contributed by atoms with Gasteiger partial charge in [0.2, 0.25) is 11.8 Å². The molecule has 2 rings (SSSR count). The highest BCUT2D eigenvalue weighted by Gasteiger charge is 2.18. The number of nitrogens with zero attached hydrogens (tertiary/aromatic N) is 1. The van der Waals surface area contributed by atoms with Crippen molar-refractivity contribution in [3.05, 3.63) is 34.8 Å². The molecule has 6 nitrogen and oxygen atoms in total. The lowest BCUT2D eigenvalue weighted by atomic mass is 10.1. The van der Waals surface area contributed by atoms with E-state index in [2.05, 4.69) is 20.8 Å². The molecule has 2 aromatic rings. The van der Waals surface area contributed by atoms with E-state index in [0.717, 1.165) is 4.88 Å². The molecule has 2 aromatic heterocycles. The van der Waals surface area contributed by atoms with E-state index in [1.54, 1.807) is 6.20 Å². The zero-order valence-corrected chi connectivity index (χ0v) is 11.2. The SMILES string of the molecule is CC(=O)NC(CC(=O)Nc1cn[nH]c1)c1cccs1. The number of aromatic amines is 1. The van der Waals surface area contributed by atoms with Gasteiger partial charge in [-0.25, -0.2) is 0 Å². The van der Waals surface area contributed by atoms with Gasteiger partial charge in [0.15, 0.2) is 0 Å². The summed E-state index contributed by atoms with van der Waals surface area (Å²) in [6.45, 7) is 1.44. The van der Waals surface area contributed by atoms with E-state index in [0.29, 0.717) is 5.69 Å². The van der Waals surface area contributed by atoms with Crippen molar-refractivity contribution in [1.29, 1.82) is 0 Å². The number of hydrogen-bond acceptors (Lipinski definition) is 4. The van der Waals surface area contributed by atoms with Crippen LogP contribution < -0.4 is 10.6 Å². The van der Waals surface area contributed by atoms with E-state index < -0.39 is 0 Å². The summed E-state index contributed by atoms with van der Waals surface area (Å²) in [5.74, 6) is -0.330. The maximum Gasteiger partial charge on any atom is 0.226 e. The van der Waals surface area contributed by atoms with Crippen LogP contribution in [0.4, 0.5) is 5.69 Å². The molecular formula is C12H14N4O2S. The normalized spacial score (nSPS) is 11.8. The van der Waals surface area contributed by atoms with Gasteiger partial charge < -0.3 is 10.6 Å². The fraction of sp³-hybridized carbons (Fsp3) is 0.250. The van der Waals surface area contributed by atoms with E-state index in [9.17, 15) is 9.59 Å². The van der Waals surface area contributed by atoms with Crippen LogP contribution >= 0.6 is 11.3 Å². The second-order valence-electron chi connectivity index (χ2n) is 4.01. The van der Waals surface area contributed by atoms with Crippen LogP contribution in [0.1, 0.15) is 24.3 Å². The average Bonchev–Trinajstić information content (AvgIpc) is 2.99. The fourth-order valence-electron chi connectivity index (χ4n) is 1.67. The molecule has 0 aliphatic heterocycles. The van der Waals surface area contributed by atoms with Crippen LogP contribution in [0.15, 0.2) is 29.9 Å². The van der Waals surface area contributed by atoms with Crippen LogP contribution in [-0.4, -0.2) is 22.0 Å². The minimum atomic E-state index is -0.301. The maximum absolute atomic E-state index is 11.9. The van der Waals surface area contributed by atoms with E-state index in [4.69, 9.17) is 0 Å². The second kappa shape index (κ2) is 6.14. The number of hydrogen-bond donors (Lipinski definition) is 3. The summed E-state index contributed by atoms with van der Waals surface area (Å²) in [5.41, 5.74) is 0.609. The summed E-state index contributed by atoms with van der Waals surface area (Å²) in [7, 11) is 0. The first-order chi connectivity index (χ1) is 9.15. The standard InChI is InChI=1S/C12H14N4O2S/c1-8(17)15-10(11-3-2-4-19-11)5-12(18)16-9-6-13-14-7-9/h2-4,6-7,10H,5H2,1H3,(H,13,14)(H,15,17)(H,16,18). The second-order valence-corrected chi connectivity index (χ2v) is 4.99. The highest BCUT2D eigenvalue weighted by molar-refractivity contribution is 7.10. The van der Waals surface area contributed by atoms with Crippen molar-refractivity contribution in [2.45, 2.75) is 19.4 Å². The Morgan fingerprint density at radius 1 is 1.53 bits per heavy atom. The Labute approximate surface area is 114 Å². The van der Waals surface area contributed by atoms with Crippen LogP contribution in [0.25, 0.3) is 0 Å². The molecule has 0 aromatic carbocycles. The molecule has 0 spiro atoms. The van der Waals surface area contributed by atoms with Crippen molar-refractivity contribution in [3.63, 3.8) is 0 Å². The molecule has 3 N–H and O–H groups in total. The van der Waals surface area contributed by atoms with Gasteiger partial charge in [-0.05, 0) is 11.4 Å². The van der Waals surface area contributed by atoms with E-state index in [1.807, 2.05) is 17.5 Å². The van der Waals surface area contributed by atoms with Crippen molar-refractivity contribution in [2.75, 3.05) is 5.32 Å². The number of carbonyl (C=O) groups excluding carboxylic acids is 2. The van der Waals surface area contributed by atoms with Crippen molar-refractivity contribution in [2.24, 2.45) is 0 Å². The van der Waals surface area contributed by atoms with Crippen LogP contribution in [0.2, 0.25) is 0 Å². The Morgan fingerprint density at radius 3 is 2.95 bits per heavy atom. The quantitative estimate of drug-likeness (QED) is 0.777. The summed E-state index contributed by atoms with van der Waals surface area (Å²) in [6.07, 6.45) is 3.30. The van der Waals surface area contributed by atoms with Gasteiger partial charge in [-0.15, -0.1) is 11.3 Å². The molecule has 0 saturated heterocycles. The smallest absolute Gasteiger partial charge is 0.226 e. The summed E-state index contributed by atoms with van der Waals surface area (Å²) in [5, 5.41) is 13.8. The van der Waals surface area contributed by atoms with E-state index in [1.165, 1.54) is 24.5 Å². The molecule has 0 saturated carbocycles. The Kier molecular flexibility index (Phi) is 4.30. The molecule has 0 aliphatic rings. The third-order valence-electron chi connectivity index (χ3n) is 2.44. The zero-order valence-electron chi connectivity index (χ0n) is 10.3. The largest absolute Gasteiger partial charge is 0.348 e. The number of amides is 2. The first kappa shape index (κ1) is 13.3. The number of carbonyl (C=O) groups is 2. The number of H-pyrrole nitrogens is 1. The Hall–Kier alpha value is -2.15. The molecule has 2 amide bonds. The first-order valence-electron chi connectivity index (χ1n) is 5.74. The number of nitrogens with one attached hydrogen (secondary N) is 3. The molecule has 2 heterocycles. The lowest BCUT2D eigenvalue weighted by molar-refractivity contribution is -0.120. The molecule has 0 aliphatic carbocycles. The average molecular weight is 278 g/mol. The van der Waals surface area contributed by atoms with E-state index >= 15 is 0 Å². The summed E-state index contributed by atoms with van der Waals surface area (Å²) in [4.78, 5) is 24.0. The van der Waals surface area contributed by atoms with Crippen molar-refractivity contribution >= 4 is 28.8 Å². The lowest BCUT2D eigenvalue weighted by Crippen LogP contribution is -2.29. The number of thiophene rings is 1. The molecule has 0 fully saturated rings. The van der Waals surface area contributed by atoms with Gasteiger partial charge in [-0.3, -0.25) is 14.7 Å². The Morgan fingerprint density at radius 2 is 2.37 bits per heavy atom. The van der Waals surface area contributed by atoms with Gasteiger partial charge in [0, 0.05) is 18.0 Å². The summed E-state index contributed by atoms with van der Waals surface area (Å²) >= 11 is 1.51.